The average Bonchev–Trinajstić information content (AvgIpc) is 3.17. The fraction of sp³-hybridized carbons (Fsp3) is 0.417. The van der Waals surface area contributed by atoms with Gasteiger partial charge in [-0.1, -0.05) is 0 Å². The van der Waals surface area contributed by atoms with Crippen molar-refractivity contribution in [2.45, 2.75) is 18.3 Å². The number of ether oxygens (including phenoxy) is 2. The molecule has 1 aliphatic carbocycles. The first-order valence-corrected chi connectivity index (χ1v) is 5.40. The van der Waals surface area contributed by atoms with Crippen LogP contribution in [0.15, 0.2) is 12.1 Å². The lowest BCUT2D eigenvalue weighted by atomic mass is 9.95. The molecule has 1 aliphatic rings. The Morgan fingerprint density at radius 2 is 1.89 bits per heavy atom. The lowest BCUT2D eigenvalue weighted by Gasteiger charge is -2.12. The van der Waals surface area contributed by atoms with E-state index in [9.17, 15) is 10.1 Å². The van der Waals surface area contributed by atoms with Gasteiger partial charge in [0.15, 0.2) is 11.5 Å². The quantitative estimate of drug-likeness (QED) is 0.602. The lowest BCUT2D eigenvalue weighted by molar-refractivity contribution is -0.385. The molecule has 1 aromatic rings. The van der Waals surface area contributed by atoms with Gasteiger partial charge < -0.3 is 9.47 Å². The minimum absolute atomic E-state index is 0.0910. The van der Waals surface area contributed by atoms with E-state index in [1.165, 1.54) is 26.4 Å². The zero-order chi connectivity index (χ0) is 13.3. The summed E-state index contributed by atoms with van der Waals surface area (Å²) in [5.41, 5.74) is -0.415. The zero-order valence-corrected chi connectivity index (χ0v) is 10.1. The standard InChI is InChI=1S/C12H12N2O4/c1-17-10-5-8(12(7-13)3-4-12)9(14(15)16)6-11(10)18-2/h5-6H,3-4H2,1-2H3. The molecule has 1 saturated carbocycles. The first kappa shape index (κ1) is 12.2. The Balaban J connectivity index is 2.64. The Labute approximate surface area is 104 Å². The second kappa shape index (κ2) is 4.18. The molecule has 0 amide bonds. The zero-order valence-electron chi connectivity index (χ0n) is 10.1. The fourth-order valence-corrected chi connectivity index (χ4v) is 1.97. The summed E-state index contributed by atoms with van der Waals surface area (Å²) >= 11 is 0. The van der Waals surface area contributed by atoms with Crippen molar-refractivity contribution in [1.82, 2.24) is 0 Å². The van der Waals surface area contributed by atoms with E-state index < -0.39 is 10.3 Å². The molecule has 0 heterocycles. The molecule has 0 unspecified atom stereocenters. The van der Waals surface area contributed by atoms with Crippen LogP contribution in [0, 0.1) is 21.4 Å². The summed E-state index contributed by atoms with van der Waals surface area (Å²) in [5, 5.41) is 20.2. The molecular weight excluding hydrogens is 236 g/mol. The third-order valence-corrected chi connectivity index (χ3v) is 3.18. The highest BCUT2D eigenvalue weighted by Gasteiger charge is 2.49. The summed E-state index contributed by atoms with van der Waals surface area (Å²) in [4.78, 5) is 10.6. The molecular formula is C12H12N2O4. The summed E-state index contributed by atoms with van der Waals surface area (Å²) in [6, 6.07) is 5.00. The topological polar surface area (TPSA) is 85.4 Å². The van der Waals surface area contributed by atoms with Crippen LogP contribution in [0.25, 0.3) is 0 Å². The second-order valence-corrected chi connectivity index (χ2v) is 4.18. The first-order valence-electron chi connectivity index (χ1n) is 5.40. The third kappa shape index (κ3) is 1.74. The molecule has 0 aromatic heterocycles. The monoisotopic (exact) mass is 248 g/mol. The van der Waals surface area contributed by atoms with Gasteiger partial charge in [0.25, 0.3) is 5.69 Å². The van der Waals surface area contributed by atoms with Crippen LogP contribution in [-0.4, -0.2) is 19.1 Å². The van der Waals surface area contributed by atoms with Crippen LogP contribution in [0.5, 0.6) is 11.5 Å². The molecule has 0 radical (unpaired) electrons. The third-order valence-electron chi connectivity index (χ3n) is 3.18. The number of rotatable bonds is 4. The number of nitrogens with zero attached hydrogens (tertiary/aromatic N) is 2. The van der Waals surface area contributed by atoms with E-state index in [4.69, 9.17) is 14.7 Å². The molecule has 0 spiro atoms. The van der Waals surface area contributed by atoms with Gasteiger partial charge in [-0.3, -0.25) is 10.1 Å². The summed E-state index contributed by atoms with van der Waals surface area (Å²) < 4.78 is 10.2. The van der Waals surface area contributed by atoms with Crippen LogP contribution in [0.4, 0.5) is 5.69 Å². The maximum Gasteiger partial charge on any atom is 0.278 e. The minimum atomic E-state index is -0.734. The molecule has 94 valence electrons. The van der Waals surface area contributed by atoms with Crippen LogP contribution in [0.2, 0.25) is 0 Å². The highest BCUT2D eigenvalue weighted by Crippen LogP contribution is 2.52. The van der Waals surface area contributed by atoms with Gasteiger partial charge in [0.2, 0.25) is 0 Å². The number of nitriles is 1. The van der Waals surface area contributed by atoms with Gasteiger partial charge >= 0.3 is 0 Å². The highest BCUT2D eigenvalue weighted by molar-refractivity contribution is 5.60. The molecule has 0 aliphatic heterocycles. The van der Waals surface area contributed by atoms with Gasteiger partial charge in [-0.15, -0.1) is 0 Å². The number of methoxy groups -OCH3 is 2. The number of benzene rings is 1. The fourth-order valence-electron chi connectivity index (χ4n) is 1.97. The summed E-state index contributed by atoms with van der Waals surface area (Å²) in [7, 11) is 2.87. The van der Waals surface area contributed by atoms with Gasteiger partial charge in [0.05, 0.1) is 42.3 Å². The van der Waals surface area contributed by atoms with Crippen LogP contribution in [0.1, 0.15) is 18.4 Å². The molecule has 0 bridgehead atoms. The Kier molecular flexibility index (Phi) is 2.83. The van der Waals surface area contributed by atoms with Crippen molar-refractivity contribution in [3.63, 3.8) is 0 Å². The predicted molar refractivity (Wildman–Crippen MR) is 62.7 cm³/mol. The second-order valence-electron chi connectivity index (χ2n) is 4.18. The van der Waals surface area contributed by atoms with Crippen molar-refractivity contribution in [2.24, 2.45) is 0 Å². The maximum atomic E-state index is 11.1. The van der Waals surface area contributed by atoms with E-state index in [0.717, 1.165) is 0 Å². The maximum absolute atomic E-state index is 11.1. The largest absolute Gasteiger partial charge is 0.493 e. The number of hydrogen-bond acceptors (Lipinski definition) is 5. The van der Waals surface area contributed by atoms with Crippen molar-refractivity contribution < 1.29 is 14.4 Å². The minimum Gasteiger partial charge on any atom is -0.493 e. The molecule has 6 nitrogen and oxygen atoms in total. The van der Waals surface area contributed by atoms with Gasteiger partial charge in [0.1, 0.15) is 0 Å². The van der Waals surface area contributed by atoms with Gasteiger partial charge in [-0.2, -0.15) is 5.26 Å². The smallest absolute Gasteiger partial charge is 0.278 e. The Bertz CT molecular complexity index is 544. The number of hydrogen-bond donors (Lipinski definition) is 0. The summed E-state index contributed by atoms with van der Waals surface area (Å²) in [6.07, 6.45) is 1.28. The Morgan fingerprint density at radius 1 is 1.33 bits per heavy atom. The van der Waals surface area contributed by atoms with Crippen LogP contribution >= 0.6 is 0 Å². The van der Waals surface area contributed by atoms with Gasteiger partial charge in [0, 0.05) is 0 Å². The van der Waals surface area contributed by atoms with E-state index in [2.05, 4.69) is 6.07 Å². The van der Waals surface area contributed by atoms with Crippen LogP contribution in [0.3, 0.4) is 0 Å². The van der Waals surface area contributed by atoms with Crippen molar-refractivity contribution in [3.8, 4) is 17.6 Å². The van der Waals surface area contributed by atoms with E-state index in [0.29, 0.717) is 29.9 Å². The molecule has 1 aromatic carbocycles. The molecule has 2 rings (SSSR count). The van der Waals surface area contributed by atoms with E-state index in [1.807, 2.05) is 0 Å². The molecule has 18 heavy (non-hydrogen) atoms. The van der Waals surface area contributed by atoms with E-state index in [-0.39, 0.29) is 5.69 Å². The predicted octanol–water partition coefficient (Wildman–Crippen LogP) is 2.17. The van der Waals surface area contributed by atoms with Crippen molar-refractivity contribution in [1.29, 1.82) is 5.26 Å². The van der Waals surface area contributed by atoms with Crippen molar-refractivity contribution in [2.75, 3.05) is 14.2 Å². The average molecular weight is 248 g/mol. The van der Waals surface area contributed by atoms with E-state index in [1.54, 1.807) is 0 Å². The molecule has 0 atom stereocenters. The summed E-state index contributed by atoms with van der Waals surface area (Å²) in [6.45, 7) is 0. The normalized spacial score (nSPS) is 15.6. The Morgan fingerprint density at radius 3 is 2.28 bits per heavy atom. The number of nitro groups is 1. The summed E-state index contributed by atoms with van der Waals surface area (Å²) in [5.74, 6) is 0.696. The molecule has 0 saturated heterocycles. The SMILES string of the molecule is COc1cc([N+](=O)[O-])c(C2(C#N)CC2)cc1OC. The molecule has 0 N–H and O–H groups in total. The van der Waals surface area contributed by atoms with Crippen LogP contribution < -0.4 is 9.47 Å². The van der Waals surface area contributed by atoms with Gasteiger partial charge in [-0.25, -0.2) is 0 Å². The Hall–Kier alpha value is -2.29. The van der Waals surface area contributed by atoms with Crippen molar-refractivity contribution in [3.05, 3.63) is 27.8 Å². The molecule has 6 heteroatoms. The van der Waals surface area contributed by atoms with Gasteiger partial charge in [-0.05, 0) is 18.9 Å². The highest BCUT2D eigenvalue weighted by atomic mass is 16.6. The van der Waals surface area contributed by atoms with Crippen molar-refractivity contribution >= 4 is 5.69 Å². The molecule has 1 fully saturated rings. The first-order chi connectivity index (χ1) is 8.57. The lowest BCUT2D eigenvalue weighted by Crippen LogP contribution is -2.08. The number of nitro benzene ring substituents is 1. The van der Waals surface area contributed by atoms with E-state index >= 15 is 0 Å². The van der Waals surface area contributed by atoms with Crippen LogP contribution in [-0.2, 0) is 5.41 Å².